The van der Waals surface area contributed by atoms with Crippen molar-refractivity contribution in [1.82, 2.24) is 29.4 Å². The van der Waals surface area contributed by atoms with Gasteiger partial charge in [0.2, 0.25) is 0 Å². The second-order valence-corrected chi connectivity index (χ2v) is 8.47. The smallest absolute Gasteiger partial charge is 0.256 e. The number of fused-ring (bicyclic) bond motifs is 1. The second-order valence-electron chi connectivity index (χ2n) is 8.47. The van der Waals surface area contributed by atoms with Gasteiger partial charge in [0, 0.05) is 24.9 Å². The van der Waals surface area contributed by atoms with Crippen LogP contribution in [0.25, 0.3) is 11.0 Å². The summed E-state index contributed by atoms with van der Waals surface area (Å²) >= 11 is 0. The van der Waals surface area contributed by atoms with Gasteiger partial charge in [0.1, 0.15) is 0 Å². The molecule has 8 nitrogen and oxygen atoms in total. The third-order valence-electron chi connectivity index (χ3n) is 6.15. The summed E-state index contributed by atoms with van der Waals surface area (Å²) in [6, 6.07) is 2.34. The summed E-state index contributed by atoms with van der Waals surface area (Å²) < 4.78 is 3.77. The van der Waals surface area contributed by atoms with E-state index in [-0.39, 0.29) is 5.91 Å². The Kier molecular flexibility index (Phi) is 4.38. The molecule has 4 heterocycles. The molecule has 1 amide bonds. The molecule has 0 bridgehead atoms. The minimum atomic E-state index is -0.127. The van der Waals surface area contributed by atoms with Gasteiger partial charge >= 0.3 is 0 Å². The fraction of sp³-hybridized carbons (Fsp3) is 0.524. The van der Waals surface area contributed by atoms with Gasteiger partial charge in [0.05, 0.1) is 34.6 Å². The monoisotopic (exact) mass is 393 g/mol. The highest BCUT2D eigenvalue weighted by Crippen LogP contribution is 2.40. The topological polar surface area (TPSA) is 80.9 Å². The van der Waals surface area contributed by atoms with Gasteiger partial charge in [0.25, 0.3) is 5.91 Å². The molecule has 0 aromatic carbocycles. The number of aromatic nitrogens is 5. The van der Waals surface area contributed by atoms with Crippen LogP contribution in [0.15, 0.2) is 18.5 Å². The summed E-state index contributed by atoms with van der Waals surface area (Å²) in [4.78, 5) is 20.3. The Morgan fingerprint density at radius 3 is 2.66 bits per heavy atom. The van der Waals surface area contributed by atoms with Crippen molar-refractivity contribution in [2.24, 2.45) is 7.05 Å². The number of carbonyl (C=O) groups is 1. The first-order chi connectivity index (χ1) is 14.0. The van der Waals surface area contributed by atoms with Gasteiger partial charge < -0.3 is 10.2 Å². The fourth-order valence-corrected chi connectivity index (χ4v) is 4.29. The molecule has 1 aliphatic heterocycles. The molecule has 0 spiro atoms. The van der Waals surface area contributed by atoms with Gasteiger partial charge in [-0.3, -0.25) is 14.2 Å². The van der Waals surface area contributed by atoms with Crippen LogP contribution in [0.2, 0.25) is 0 Å². The highest BCUT2D eigenvalue weighted by molar-refractivity contribution is 6.12. The first-order valence-electron chi connectivity index (χ1n) is 10.4. The Balaban J connectivity index is 1.42. The molecule has 1 saturated heterocycles. The number of carbonyl (C=O) groups excluding carboxylic acids is 1. The lowest BCUT2D eigenvalue weighted by atomic mass is 10.1. The number of nitrogens with zero attached hydrogens (tertiary/aromatic N) is 6. The Labute approximate surface area is 169 Å². The van der Waals surface area contributed by atoms with E-state index in [1.807, 2.05) is 30.9 Å². The molecule has 1 saturated carbocycles. The van der Waals surface area contributed by atoms with Crippen LogP contribution in [-0.2, 0) is 7.05 Å². The third-order valence-corrected chi connectivity index (χ3v) is 6.15. The fourth-order valence-electron chi connectivity index (χ4n) is 4.29. The largest absolute Gasteiger partial charge is 0.319 e. The number of amides is 1. The maximum absolute atomic E-state index is 13.2. The van der Waals surface area contributed by atoms with Crippen molar-refractivity contribution in [3.05, 3.63) is 35.4 Å². The molecule has 8 heteroatoms. The maximum Gasteiger partial charge on any atom is 0.256 e. The van der Waals surface area contributed by atoms with Crippen molar-refractivity contribution < 1.29 is 4.79 Å². The third kappa shape index (κ3) is 3.42. The Morgan fingerprint density at radius 1 is 1.17 bits per heavy atom. The van der Waals surface area contributed by atoms with E-state index in [1.165, 1.54) is 0 Å². The highest BCUT2D eigenvalue weighted by Gasteiger charge is 2.28. The Morgan fingerprint density at radius 2 is 1.93 bits per heavy atom. The molecule has 2 fully saturated rings. The standard InChI is InChI=1S/C21H27N7O/c1-13-19-17(10-18(14-4-5-14)24-20(19)27(3)25-13)21(29)23-15-11-22-28(12-15)16-6-8-26(2)9-7-16/h10-12,14,16H,4-9H2,1-3H3,(H,23,29). The zero-order valence-corrected chi connectivity index (χ0v) is 17.2. The van der Waals surface area contributed by atoms with Crippen LogP contribution in [0, 0.1) is 6.92 Å². The van der Waals surface area contributed by atoms with Crippen LogP contribution in [-0.4, -0.2) is 55.5 Å². The Bertz CT molecular complexity index is 1070. The molecule has 29 heavy (non-hydrogen) atoms. The van der Waals surface area contributed by atoms with Gasteiger partial charge in [-0.1, -0.05) is 0 Å². The molecule has 0 radical (unpaired) electrons. The minimum absolute atomic E-state index is 0.127. The summed E-state index contributed by atoms with van der Waals surface area (Å²) in [6.07, 6.45) is 8.13. The van der Waals surface area contributed by atoms with Crippen molar-refractivity contribution in [2.75, 3.05) is 25.5 Å². The van der Waals surface area contributed by atoms with Crippen LogP contribution in [0.5, 0.6) is 0 Å². The number of pyridine rings is 1. The average molecular weight is 393 g/mol. The molecule has 5 rings (SSSR count). The van der Waals surface area contributed by atoms with Crippen LogP contribution >= 0.6 is 0 Å². The number of anilines is 1. The number of likely N-dealkylation sites (tertiary alicyclic amines) is 1. The average Bonchev–Trinajstić information content (AvgIpc) is 3.39. The summed E-state index contributed by atoms with van der Waals surface area (Å²) in [7, 11) is 4.03. The molecule has 3 aromatic heterocycles. The van der Waals surface area contributed by atoms with Gasteiger partial charge in [-0.2, -0.15) is 10.2 Å². The predicted molar refractivity (Wildman–Crippen MR) is 111 cm³/mol. The lowest BCUT2D eigenvalue weighted by molar-refractivity contribution is 0.102. The lowest BCUT2D eigenvalue weighted by Gasteiger charge is -2.28. The van der Waals surface area contributed by atoms with E-state index in [0.29, 0.717) is 17.5 Å². The van der Waals surface area contributed by atoms with Crippen molar-refractivity contribution in [2.45, 2.75) is 44.6 Å². The van der Waals surface area contributed by atoms with Crippen LogP contribution in [0.3, 0.4) is 0 Å². The predicted octanol–water partition coefficient (Wildman–Crippen LogP) is 2.87. The van der Waals surface area contributed by atoms with Crippen molar-refractivity contribution in [3.63, 3.8) is 0 Å². The first kappa shape index (κ1) is 18.3. The summed E-state index contributed by atoms with van der Waals surface area (Å²) in [5.74, 6) is 0.340. The number of rotatable bonds is 4. The molecule has 2 aliphatic rings. The summed E-state index contributed by atoms with van der Waals surface area (Å²) in [5.41, 5.74) is 3.97. The van der Waals surface area contributed by atoms with Crippen molar-refractivity contribution in [3.8, 4) is 0 Å². The first-order valence-corrected chi connectivity index (χ1v) is 10.4. The van der Waals surface area contributed by atoms with E-state index in [0.717, 1.165) is 66.9 Å². The summed E-state index contributed by atoms with van der Waals surface area (Å²) in [6.45, 7) is 4.08. The van der Waals surface area contributed by atoms with Gasteiger partial charge in [-0.15, -0.1) is 0 Å². The van der Waals surface area contributed by atoms with Gasteiger partial charge in [-0.05, 0) is 58.8 Å². The molecule has 152 valence electrons. The summed E-state index contributed by atoms with van der Waals surface area (Å²) in [5, 5.41) is 12.9. The van der Waals surface area contributed by atoms with Crippen LogP contribution in [0.4, 0.5) is 5.69 Å². The minimum Gasteiger partial charge on any atom is -0.319 e. The SMILES string of the molecule is Cc1nn(C)c2nc(C3CC3)cc(C(=O)Nc3cnn(C4CCN(C)CC4)c3)c12. The van der Waals surface area contributed by atoms with Gasteiger partial charge in [-0.25, -0.2) is 4.98 Å². The quantitative estimate of drug-likeness (QED) is 0.737. The van der Waals surface area contributed by atoms with E-state index in [2.05, 4.69) is 27.5 Å². The van der Waals surface area contributed by atoms with E-state index < -0.39 is 0 Å². The highest BCUT2D eigenvalue weighted by atomic mass is 16.1. The van der Waals surface area contributed by atoms with E-state index in [9.17, 15) is 4.79 Å². The molecular weight excluding hydrogens is 366 g/mol. The van der Waals surface area contributed by atoms with Gasteiger partial charge in [0.15, 0.2) is 5.65 Å². The van der Waals surface area contributed by atoms with Crippen LogP contribution < -0.4 is 5.32 Å². The normalized spacial score (nSPS) is 18.4. The molecule has 1 aliphatic carbocycles. The molecule has 1 N–H and O–H groups in total. The van der Waals surface area contributed by atoms with Crippen molar-refractivity contribution in [1.29, 1.82) is 0 Å². The van der Waals surface area contributed by atoms with E-state index >= 15 is 0 Å². The molecule has 3 aromatic rings. The maximum atomic E-state index is 13.2. The molecule has 0 atom stereocenters. The second kappa shape index (κ2) is 6.95. The number of piperidine rings is 1. The zero-order chi connectivity index (χ0) is 20.1. The number of hydrogen-bond donors (Lipinski definition) is 1. The number of hydrogen-bond acceptors (Lipinski definition) is 5. The van der Waals surface area contributed by atoms with E-state index in [1.54, 1.807) is 10.9 Å². The number of nitrogens with one attached hydrogen (secondary N) is 1. The Hall–Kier alpha value is -2.74. The number of aryl methyl sites for hydroxylation is 2. The zero-order valence-electron chi connectivity index (χ0n) is 17.2. The van der Waals surface area contributed by atoms with Crippen molar-refractivity contribution >= 4 is 22.6 Å². The van der Waals surface area contributed by atoms with E-state index in [4.69, 9.17) is 4.98 Å². The molecular formula is C21H27N7O. The van der Waals surface area contributed by atoms with Crippen LogP contribution in [0.1, 0.15) is 59.4 Å². The lowest BCUT2D eigenvalue weighted by Crippen LogP contribution is -2.31. The molecule has 0 unspecified atom stereocenters.